The maximum absolute atomic E-state index is 12.8. The minimum Gasteiger partial charge on any atom is -0.494 e. The van der Waals surface area contributed by atoms with E-state index in [0.29, 0.717) is 57.9 Å². The highest BCUT2D eigenvalue weighted by atomic mass is 35.5. The van der Waals surface area contributed by atoms with Crippen LogP contribution in [0.25, 0.3) is 11.0 Å². The first kappa shape index (κ1) is 111. The molecule has 0 aliphatic carbocycles. The van der Waals surface area contributed by atoms with Gasteiger partial charge < -0.3 is 69.6 Å². The molecule has 0 aliphatic rings. The molecule has 1 amide bonds. The van der Waals surface area contributed by atoms with Gasteiger partial charge in [0.05, 0.1) is 65.3 Å². The van der Waals surface area contributed by atoms with Crippen LogP contribution in [0, 0.1) is 0 Å². The lowest BCUT2D eigenvalue weighted by Gasteiger charge is -2.13. The Kier molecular flexibility index (Phi) is 63.0. The van der Waals surface area contributed by atoms with E-state index in [1.807, 2.05) is 67.6 Å². The molecule has 1 aromatic heterocycles. The van der Waals surface area contributed by atoms with Crippen molar-refractivity contribution in [3.8, 4) is 34.5 Å². The molecule has 8 rings (SSSR count). The average molecular weight is 1770 g/mol. The quantitative estimate of drug-likeness (QED) is 0.00687. The number of amides is 1. The molecule has 0 aliphatic heterocycles. The van der Waals surface area contributed by atoms with Crippen molar-refractivity contribution in [2.24, 2.45) is 9.98 Å². The minimum atomic E-state index is -0.751. The second kappa shape index (κ2) is 71.3. The van der Waals surface area contributed by atoms with Crippen molar-refractivity contribution in [1.82, 2.24) is 20.1 Å². The summed E-state index contributed by atoms with van der Waals surface area (Å²) in [5.41, 5.74) is 10.9. The van der Waals surface area contributed by atoms with Crippen molar-refractivity contribution < 1.29 is 82.5 Å². The van der Waals surface area contributed by atoms with Gasteiger partial charge in [0, 0.05) is 30.8 Å². The Morgan fingerprint density at radius 2 is 0.857 bits per heavy atom. The Bertz CT molecular complexity index is 4330. The number of halogens is 1. The molecule has 0 atom stereocenters. The summed E-state index contributed by atoms with van der Waals surface area (Å²) in [4.78, 5) is 81.8. The number of hydrogen-bond acceptors (Lipinski definition) is 21. The number of fused-ring (bicyclic) bond motifs is 1. The smallest absolute Gasteiger partial charge is 0.341 e. The van der Waals surface area contributed by atoms with Crippen molar-refractivity contribution in [3.63, 3.8) is 0 Å². The Hall–Kier alpha value is -10.9. The van der Waals surface area contributed by atoms with E-state index >= 15 is 0 Å². The predicted octanol–water partition coefficient (Wildman–Crippen LogP) is 23.6. The lowest BCUT2D eigenvalue weighted by atomic mass is 10.0. The molecule has 0 saturated heterocycles. The van der Waals surface area contributed by atoms with Crippen LogP contribution >= 0.6 is 12.4 Å². The second-order valence-corrected chi connectivity index (χ2v) is 30.8. The molecular weight excluding hydrogens is 1620 g/mol. The Labute approximate surface area is 755 Å². The SMILES string of the molecule is CCCCCCCCCCCCCCCCCCOc1ccc(CCC(=O)Nc2ccc(Oc3cccc(C(=O)OC)c3)c(C(=O)OC)c2)cc1.CCCCCCCCCCCCCCCCCCOc1ccc(CCC(=O)O)cc1.CCN=C=NCCCN(C)C.COC(=O)c1cccc(Oc2ccc(N)cc2C(=O)OC)c1.Cl.O.On1nnc2ccccc21. The number of carbonyl (C=O) groups is 6. The fourth-order valence-electron chi connectivity index (χ4n) is 13.1. The lowest BCUT2D eigenvalue weighted by Crippen LogP contribution is -2.13. The van der Waals surface area contributed by atoms with Crippen LogP contribution in [-0.4, -0.2) is 153 Å². The maximum Gasteiger partial charge on any atom is 0.341 e. The van der Waals surface area contributed by atoms with E-state index in [-0.39, 0.29) is 59.3 Å². The molecule has 126 heavy (non-hydrogen) atoms. The van der Waals surface area contributed by atoms with Gasteiger partial charge in [-0.3, -0.25) is 9.59 Å². The fourth-order valence-corrected chi connectivity index (χ4v) is 13.1. The molecule has 694 valence electrons. The molecule has 0 bridgehead atoms. The van der Waals surface area contributed by atoms with Crippen LogP contribution in [-0.2, 0) is 41.4 Å². The largest absolute Gasteiger partial charge is 0.494 e. The van der Waals surface area contributed by atoms with Crippen LogP contribution in [0.4, 0.5) is 11.4 Å². The first-order valence-electron chi connectivity index (χ1n) is 45.0. The second-order valence-electron chi connectivity index (χ2n) is 30.8. The third-order valence-electron chi connectivity index (χ3n) is 20.2. The highest BCUT2D eigenvalue weighted by Crippen LogP contribution is 2.32. The highest BCUT2D eigenvalue weighted by molar-refractivity contribution is 5.97. The molecule has 8 aromatic rings. The number of unbranched alkanes of at least 4 members (excludes halogenated alkanes) is 30. The van der Waals surface area contributed by atoms with E-state index in [2.05, 4.69) is 69.2 Å². The number of hydrogen-bond donors (Lipinski definition) is 4. The number of para-hydroxylation sites is 1. The van der Waals surface area contributed by atoms with Crippen molar-refractivity contribution in [2.45, 2.75) is 258 Å². The fraction of sp³-hybridized carbons (Fsp3) is 0.510. The minimum absolute atomic E-state index is 0. The number of nitrogens with two attached hydrogens (primary N) is 1. The van der Waals surface area contributed by atoms with E-state index in [1.54, 1.807) is 72.8 Å². The van der Waals surface area contributed by atoms with E-state index in [9.17, 15) is 28.8 Å². The zero-order valence-corrected chi connectivity index (χ0v) is 77.3. The van der Waals surface area contributed by atoms with Crippen molar-refractivity contribution in [2.75, 3.05) is 86.4 Å². The number of nitrogen functional groups attached to an aromatic ring is 1. The third kappa shape index (κ3) is 50.9. The zero-order chi connectivity index (χ0) is 89.8. The number of ether oxygens (including phenoxy) is 8. The molecule has 1 heterocycles. The zero-order valence-electron chi connectivity index (χ0n) is 76.5. The van der Waals surface area contributed by atoms with Gasteiger partial charge >= 0.3 is 29.8 Å². The topological polar surface area (TPSA) is 345 Å². The van der Waals surface area contributed by atoms with E-state index < -0.39 is 29.8 Å². The number of methoxy groups -OCH3 is 4. The summed E-state index contributed by atoms with van der Waals surface area (Å²) >= 11 is 0. The van der Waals surface area contributed by atoms with Gasteiger partial charge in [-0.15, -0.1) is 17.5 Å². The molecule has 7 N–H and O–H groups in total. The van der Waals surface area contributed by atoms with Gasteiger partial charge in [-0.25, -0.2) is 29.2 Å². The Balaban J connectivity index is 0.000000602. The van der Waals surface area contributed by atoms with Crippen LogP contribution in [0.15, 0.2) is 168 Å². The lowest BCUT2D eigenvalue weighted by molar-refractivity contribution is -0.137. The number of rotatable bonds is 56. The van der Waals surface area contributed by atoms with Crippen molar-refractivity contribution in [1.29, 1.82) is 0 Å². The third-order valence-corrected chi connectivity index (χ3v) is 20.2. The summed E-state index contributed by atoms with van der Waals surface area (Å²) < 4.78 is 42.3. The molecule has 0 radical (unpaired) electrons. The maximum atomic E-state index is 12.8. The normalized spacial score (nSPS) is 10.4. The summed E-state index contributed by atoms with van der Waals surface area (Å²) in [5, 5.41) is 27.6. The molecule has 26 heteroatoms. The Morgan fingerprint density at radius 1 is 0.452 bits per heavy atom. The summed E-state index contributed by atoms with van der Waals surface area (Å²) in [7, 11) is 9.26. The monoisotopic (exact) mass is 1770 g/mol. The van der Waals surface area contributed by atoms with Crippen molar-refractivity contribution in [3.05, 3.63) is 191 Å². The molecule has 0 saturated carbocycles. The van der Waals surface area contributed by atoms with E-state index in [0.717, 1.165) is 79.6 Å². The number of benzene rings is 7. The molecule has 0 spiro atoms. The summed E-state index contributed by atoms with van der Waals surface area (Å²) in [6.45, 7) is 10.7. The summed E-state index contributed by atoms with van der Waals surface area (Å²) in [6.07, 6.45) is 46.4. The summed E-state index contributed by atoms with van der Waals surface area (Å²) in [6, 6.07) is 47.8. The molecule has 0 unspecified atom stereocenters. The number of aliphatic imine (C=N–C) groups is 2. The van der Waals surface area contributed by atoms with Crippen LogP contribution in [0.2, 0.25) is 0 Å². The number of carboxylic acids is 1. The van der Waals surface area contributed by atoms with Crippen LogP contribution in [0.1, 0.15) is 298 Å². The molecule has 7 aromatic carbocycles. The number of nitrogens with one attached hydrogen (secondary N) is 1. The van der Waals surface area contributed by atoms with Gasteiger partial charge in [0.2, 0.25) is 5.91 Å². The first-order chi connectivity index (χ1) is 60.3. The number of aliphatic carboxylic acids is 1. The predicted molar refractivity (Wildman–Crippen MR) is 506 cm³/mol. The number of esters is 4. The van der Waals surface area contributed by atoms with Gasteiger partial charge in [-0.05, 0) is 185 Å². The van der Waals surface area contributed by atoms with Crippen LogP contribution in [0.5, 0.6) is 34.5 Å². The standard InChI is InChI=1S/C43H59NO7.C27H46O3.C16H15NO5.C8H17N3.C6H5N3O.ClH.H2O/c1-4-5-6-7-8-9-10-11-12-13-14-15-16-17-18-19-31-50-37-27-23-34(24-28-37)25-30-41(45)44-36-26-29-40(39(33-36)43(47)49-3)51-38-22-20-21-35(32-38)42(46)48-2;1-2-3-4-5-6-7-8-9-10-11-12-13-14-15-16-17-24-30-26-21-18-25(19-22-26)20-23-27(28)29;1-20-15(18)10-4-3-5-12(8-10)22-14-7-6-11(17)9-13(14)16(19)21-2;1-4-9-8-10-6-5-7-11(2)3;10-9-6-4-2-1-3-5(6)7-8-9;;/h20-24,26-29,32-33H,4-19,25,30-31H2,1-3H3,(H,44,45);18-19,21-22H,2-17,20,23-24H2,1H3,(H,28,29);3-9H,17H2,1-2H3;4-7H2,1-3H3;1-4,10H;1H;1H2. The van der Waals surface area contributed by atoms with E-state index in [1.165, 1.54) is 245 Å². The average Bonchev–Trinajstić information content (AvgIpc) is 1.02. The number of anilines is 2. The van der Waals surface area contributed by atoms with Gasteiger partial charge in [0.1, 0.15) is 56.7 Å². The number of carboxylic acid groups (broad SMARTS) is 1. The molecule has 0 fully saturated rings. The molecular formula is C100H145ClN8O17. The van der Waals surface area contributed by atoms with E-state index in [4.69, 9.17) is 49.2 Å². The highest BCUT2D eigenvalue weighted by Gasteiger charge is 2.19. The number of aryl methyl sites for hydroxylation is 2. The van der Waals surface area contributed by atoms with Crippen molar-refractivity contribution >= 4 is 76.6 Å². The van der Waals surface area contributed by atoms with Gasteiger partial charge in [0.25, 0.3) is 0 Å². The molecule has 25 nitrogen and oxygen atoms in total. The van der Waals surface area contributed by atoms with Gasteiger partial charge in [0.15, 0.2) is 0 Å². The van der Waals surface area contributed by atoms with Gasteiger partial charge in [-0.1, -0.05) is 260 Å². The number of carbonyl (C=O) groups excluding carboxylic acids is 5. The Morgan fingerprint density at radius 3 is 1.26 bits per heavy atom. The summed E-state index contributed by atoms with van der Waals surface area (Å²) in [5.74, 6) is -0.139. The first-order valence-corrected chi connectivity index (χ1v) is 45.0. The number of nitrogens with zero attached hydrogens (tertiary/aromatic N) is 6. The number of aromatic nitrogens is 3. The van der Waals surface area contributed by atoms with Crippen LogP contribution in [0.3, 0.4) is 0 Å². The van der Waals surface area contributed by atoms with Gasteiger partial charge in [-0.2, -0.15) is 0 Å². The van der Waals surface area contributed by atoms with Crippen LogP contribution < -0.4 is 30.0 Å².